The van der Waals surface area contributed by atoms with Crippen LogP contribution in [0.2, 0.25) is 10.2 Å². The molecule has 0 aliphatic heterocycles. The Morgan fingerprint density at radius 1 is 1.29 bits per heavy atom. The van der Waals surface area contributed by atoms with Crippen molar-refractivity contribution in [1.82, 2.24) is 5.16 Å². The van der Waals surface area contributed by atoms with Crippen molar-refractivity contribution < 1.29 is 4.52 Å². The Labute approximate surface area is 91.8 Å². The van der Waals surface area contributed by atoms with Crippen molar-refractivity contribution in [2.24, 2.45) is 0 Å². The van der Waals surface area contributed by atoms with Crippen molar-refractivity contribution in [2.45, 2.75) is 19.8 Å². The maximum atomic E-state index is 6.10. The van der Waals surface area contributed by atoms with Crippen LogP contribution in [0.25, 0.3) is 11.0 Å². The van der Waals surface area contributed by atoms with Crippen molar-refractivity contribution in [3.63, 3.8) is 0 Å². The Balaban J connectivity index is 2.87. The predicted molar refractivity (Wildman–Crippen MR) is 58.1 cm³/mol. The van der Waals surface area contributed by atoms with E-state index in [-0.39, 0.29) is 0 Å². The summed E-state index contributed by atoms with van der Waals surface area (Å²) in [5.41, 5.74) is 1.68. The highest BCUT2D eigenvalue weighted by atomic mass is 35.5. The number of halogens is 2. The van der Waals surface area contributed by atoms with Crippen LogP contribution in [0.5, 0.6) is 0 Å². The van der Waals surface area contributed by atoms with Gasteiger partial charge in [-0.3, -0.25) is 0 Å². The normalized spacial score (nSPS) is 11.5. The molecule has 4 heteroatoms. The summed E-state index contributed by atoms with van der Waals surface area (Å²) in [5.74, 6) is 0.295. The first-order valence-corrected chi connectivity index (χ1v) is 5.10. The fourth-order valence-corrected chi connectivity index (χ4v) is 2.17. The minimum absolute atomic E-state index is 0.295. The summed E-state index contributed by atoms with van der Waals surface area (Å²) in [5, 5.41) is 5.63. The molecular weight excluding hydrogens is 221 g/mol. The van der Waals surface area contributed by atoms with Gasteiger partial charge in [0, 0.05) is 5.02 Å². The molecular formula is C10H9Cl2NO. The van der Waals surface area contributed by atoms with Crippen LogP contribution in [-0.2, 0) is 0 Å². The molecule has 0 aliphatic carbocycles. The quantitative estimate of drug-likeness (QED) is 0.731. The molecule has 0 aliphatic rings. The summed E-state index contributed by atoms with van der Waals surface area (Å²) in [6, 6.07) is 3.59. The molecule has 2 rings (SSSR count). The number of hydrogen-bond donors (Lipinski definition) is 0. The second-order valence-corrected chi connectivity index (χ2v) is 4.23. The molecule has 0 radical (unpaired) electrons. The van der Waals surface area contributed by atoms with Crippen LogP contribution in [0.4, 0.5) is 0 Å². The molecule has 1 aromatic heterocycles. The van der Waals surface area contributed by atoms with Gasteiger partial charge in [0.2, 0.25) is 0 Å². The van der Waals surface area contributed by atoms with Gasteiger partial charge in [0.05, 0.1) is 5.39 Å². The molecule has 0 fully saturated rings. The Morgan fingerprint density at radius 2 is 2.00 bits per heavy atom. The lowest BCUT2D eigenvalue weighted by molar-refractivity contribution is 0.457. The van der Waals surface area contributed by atoms with Gasteiger partial charge in [0.1, 0.15) is 0 Å². The summed E-state index contributed by atoms with van der Waals surface area (Å²) in [6.07, 6.45) is 0. The first-order chi connectivity index (χ1) is 6.61. The van der Waals surface area contributed by atoms with Crippen LogP contribution in [0.15, 0.2) is 16.7 Å². The molecule has 0 amide bonds. The van der Waals surface area contributed by atoms with Gasteiger partial charge in [-0.15, -0.1) is 0 Å². The zero-order valence-electron chi connectivity index (χ0n) is 7.84. The highest BCUT2D eigenvalue weighted by Gasteiger charge is 2.16. The average molecular weight is 230 g/mol. The van der Waals surface area contributed by atoms with E-state index in [0.29, 0.717) is 21.7 Å². The monoisotopic (exact) mass is 229 g/mol. The molecule has 74 valence electrons. The molecule has 0 spiro atoms. The fourth-order valence-electron chi connectivity index (χ4n) is 1.56. The van der Waals surface area contributed by atoms with Crippen LogP contribution >= 0.6 is 23.2 Å². The molecule has 1 heterocycles. The molecule has 1 aromatic carbocycles. The first kappa shape index (κ1) is 9.81. The third-order valence-corrected chi connectivity index (χ3v) is 2.75. The lowest BCUT2D eigenvalue weighted by atomic mass is 10.00. The number of hydrogen-bond acceptors (Lipinski definition) is 2. The Morgan fingerprint density at radius 3 is 2.64 bits per heavy atom. The number of nitrogens with zero attached hydrogens (tertiary/aromatic N) is 1. The summed E-state index contributed by atoms with van der Waals surface area (Å²) in [7, 11) is 0. The van der Waals surface area contributed by atoms with E-state index in [1.54, 1.807) is 12.1 Å². The van der Waals surface area contributed by atoms with Crippen molar-refractivity contribution in [3.05, 3.63) is 27.9 Å². The van der Waals surface area contributed by atoms with E-state index in [1.165, 1.54) is 0 Å². The van der Waals surface area contributed by atoms with Gasteiger partial charge in [-0.25, -0.2) is 0 Å². The fraction of sp³-hybridized carbons (Fsp3) is 0.300. The third-order valence-electron chi connectivity index (χ3n) is 2.16. The van der Waals surface area contributed by atoms with E-state index < -0.39 is 0 Å². The molecule has 14 heavy (non-hydrogen) atoms. The smallest absolute Gasteiger partial charge is 0.180 e. The van der Waals surface area contributed by atoms with Crippen LogP contribution in [-0.4, -0.2) is 5.16 Å². The first-order valence-electron chi connectivity index (χ1n) is 4.34. The number of fused-ring (bicyclic) bond motifs is 1. The van der Waals surface area contributed by atoms with E-state index in [1.807, 2.05) is 0 Å². The number of aromatic nitrogens is 1. The van der Waals surface area contributed by atoms with Crippen LogP contribution < -0.4 is 0 Å². The van der Waals surface area contributed by atoms with E-state index in [4.69, 9.17) is 27.7 Å². The Hall–Kier alpha value is -0.730. The van der Waals surface area contributed by atoms with Gasteiger partial charge in [0.25, 0.3) is 0 Å². The molecule has 2 aromatic rings. The standard InChI is InChI=1S/C10H9Cl2NO/c1-5(2)8-6(11)3-4-7-9(8)10(12)13-14-7/h3-5H,1-2H3. The minimum atomic E-state index is 0.295. The van der Waals surface area contributed by atoms with Crippen LogP contribution in [0.1, 0.15) is 25.3 Å². The topological polar surface area (TPSA) is 26.0 Å². The molecule has 2 nitrogen and oxygen atoms in total. The number of rotatable bonds is 1. The van der Waals surface area contributed by atoms with Crippen molar-refractivity contribution >= 4 is 34.2 Å². The van der Waals surface area contributed by atoms with Crippen LogP contribution in [0.3, 0.4) is 0 Å². The van der Waals surface area contributed by atoms with E-state index >= 15 is 0 Å². The largest absolute Gasteiger partial charge is 0.355 e. The highest BCUT2D eigenvalue weighted by molar-refractivity contribution is 6.36. The van der Waals surface area contributed by atoms with Crippen molar-refractivity contribution in [2.75, 3.05) is 0 Å². The maximum Gasteiger partial charge on any atom is 0.180 e. The molecule has 0 atom stereocenters. The molecule has 0 saturated heterocycles. The van der Waals surface area contributed by atoms with E-state index in [9.17, 15) is 0 Å². The Bertz CT molecular complexity index is 476. The summed E-state index contributed by atoms with van der Waals surface area (Å²) < 4.78 is 5.05. The summed E-state index contributed by atoms with van der Waals surface area (Å²) >= 11 is 12.0. The maximum absolute atomic E-state index is 6.10. The molecule has 0 N–H and O–H groups in total. The predicted octanol–water partition coefficient (Wildman–Crippen LogP) is 4.26. The lowest BCUT2D eigenvalue weighted by Gasteiger charge is -2.08. The summed E-state index contributed by atoms with van der Waals surface area (Å²) in [4.78, 5) is 0. The SMILES string of the molecule is CC(C)c1c(Cl)ccc2onc(Cl)c12. The third kappa shape index (κ3) is 1.39. The number of benzene rings is 1. The van der Waals surface area contributed by atoms with E-state index in [0.717, 1.165) is 10.9 Å². The van der Waals surface area contributed by atoms with Gasteiger partial charge in [0.15, 0.2) is 10.7 Å². The highest BCUT2D eigenvalue weighted by Crippen LogP contribution is 2.35. The molecule has 0 saturated carbocycles. The average Bonchev–Trinajstić information content (AvgIpc) is 2.47. The van der Waals surface area contributed by atoms with E-state index in [2.05, 4.69) is 19.0 Å². The Kier molecular flexibility index (Phi) is 2.41. The van der Waals surface area contributed by atoms with Crippen molar-refractivity contribution in [1.29, 1.82) is 0 Å². The van der Waals surface area contributed by atoms with Gasteiger partial charge < -0.3 is 4.52 Å². The van der Waals surface area contributed by atoms with Crippen molar-refractivity contribution in [3.8, 4) is 0 Å². The molecule has 0 unspecified atom stereocenters. The molecule has 0 bridgehead atoms. The lowest BCUT2D eigenvalue weighted by Crippen LogP contribution is -1.89. The van der Waals surface area contributed by atoms with Gasteiger partial charge >= 0.3 is 0 Å². The van der Waals surface area contributed by atoms with Gasteiger partial charge in [-0.1, -0.05) is 42.2 Å². The zero-order chi connectivity index (χ0) is 10.3. The second kappa shape index (κ2) is 3.44. The second-order valence-electron chi connectivity index (χ2n) is 3.46. The van der Waals surface area contributed by atoms with Gasteiger partial charge in [-0.2, -0.15) is 0 Å². The van der Waals surface area contributed by atoms with Gasteiger partial charge in [-0.05, 0) is 23.6 Å². The van der Waals surface area contributed by atoms with Crippen LogP contribution in [0, 0.1) is 0 Å². The minimum Gasteiger partial charge on any atom is -0.355 e. The zero-order valence-corrected chi connectivity index (χ0v) is 9.36. The summed E-state index contributed by atoms with van der Waals surface area (Å²) in [6.45, 7) is 4.12.